The average molecular weight is 333 g/mol. The van der Waals surface area contributed by atoms with Gasteiger partial charge in [-0.2, -0.15) is 5.26 Å². The summed E-state index contributed by atoms with van der Waals surface area (Å²) in [7, 11) is 0. The molecule has 5 heteroatoms. The zero-order valence-corrected chi connectivity index (χ0v) is 14.0. The van der Waals surface area contributed by atoms with Crippen LogP contribution in [0.5, 0.6) is 0 Å². The minimum absolute atomic E-state index is 0.0232. The summed E-state index contributed by atoms with van der Waals surface area (Å²) in [6.45, 7) is 2.75. The molecule has 1 amide bonds. The molecular formula is C18H23ClN3O+. The molecule has 1 aromatic carbocycles. The first-order valence-corrected chi connectivity index (χ1v) is 8.86. The maximum absolute atomic E-state index is 12.3. The Balaban J connectivity index is 1.53. The lowest BCUT2D eigenvalue weighted by Crippen LogP contribution is -3.15. The fourth-order valence-electron chi connectivity index (χ4n) is 4.07. The minimum atomic E-state index is 0.0232. The number of carbonyl (C=O) groups is 1. The summed E-state index contributed by atoms with van der Waals surface area (Å²) < 4.78 is 0. The fraction of sp³-hybridized carbons (Fsp3) is 0.556. The zero-order valence-electron chi connectivity index (χ0n) is 13.3. The molecule has 2 aliphatic rings. The number of nitriles is 1. The first-order chi connectivity index (χ1) is 11.2. The van der Waals surface area contributed by atoms with Gasteiger partial charge in [-0.3, -0.25) is 4.79 Å². The molecule has 1 aliphatic heterocycles. The Labute approximate surface area is 142 Å². The normalized spacial score (nSPS) is 26.9. The molecule has 3 atom stereocenters. The molecule has 23 heavy (non-hydrogen) atoms. The average Bonchev–Trinajstić information content (AvgIpc) is 2.55. The second-order valence-electron chi connectivity index (χ2n) is 6.83. The Bertz CT molecular complexity index is 625. The number of anilines is 1. The molecular weight excluding hydrogens is 310 g/mol. The van der Waals surface area contributed by atoms with Gasteiger partial charge < -0.3 is 10.2 Å². The quantitative estimate of drug-likeness (QED) is 0.892. The largest absolute Gasteiger partial charge is 0.327 e. The van der Waals surface area contributed by atoms with E-state index in [-0.39, 0.29) is 5.91 Å². The SMILES string of the molecule is N#Cc1ccc(NC(=O)C[NH+]2CC[C@H]3CCCC[C@@H]3C2)cc1Cl. The lowest BCUT2D eigenvalue weighted by Gasteiger charge is -2.38. The van der Waals surface area contributed by atoms with Crippen LogP contribution in [-0.2, 0) is 4.79 Å². The Hall–Kier alpha value is -1.57. The molecule has 4 nitrogen and oxygen atoms in total. The van der Waals surface area contributed by atoms with Crippen LogP contribution < -0.4 is 10.2 Å². The van der Waals surface area contributed by atoms with E-state index in [0.29, 0.717) is 22.8 Å². The van der Waals surface area contributed by atoms with Gasteiger partial charge in [-0.25, -0.2) is 0 Å². The Morgan fingerprint density at radius 2 is 2.09 bits per heavy atom. The van der Waals surface area contributed by atoms with Gasteiger partial charge in [0.25, 0.3) is 5.91 Å². The van der Waals surface area contributed by atoms with Gasteiger partial charge >= 0.3 is 0 Å². The van der Waals surface area contributed by atoms with Crippen LogP contribution in [0, 0.1) is 23.2 Å². The van der Waals surface area contributed by atoms with Crippen LogP contribution in [-0.4, -0.2) is 25.5 Å². The highest BCUT2D eigenvalue weighted by Gasteiger charge is 2.34. The standard InChI is InChI=1S/C18H22ClN3O/c19-17-9-16(6-5-14(17)10-20)21-18(23)12-22-8-7-13-3-1-2-4-15(13)11-22/h5-6,9,13,15H,1-4,7-8,11-12H2,(H,21,23)/p+1/t13-,15-/m1/s1. The van der Waals surface area contributed by atoms with Gasteiger partial charge in [0.2, 0.25) is 0 Å². The highest BCUT2D eigenvalue weighted by molar-refractivity contribution is 6.32. The summed E-state index contributed by atoms with van der Waals surface area (Å²) in [6, 6.07) is 7.02. The van der Waals surface area contributed by atoms with E-state index in [4.69, 9.17) is 16.9 Å². The number of quaternary nitrogens is 1. The van der Waals surface area contributed by atoms with E-state index in [2.05, 4.69) is 5.32 Å². The van der Waals surface area contributed by atoms with Crippen molar-refractivity contribution >= 4 is 23.2 Å². The number of fused-ring (bicyclic) bond motifs is 1. The number of carbonyl (C=O) groups excluding carboxylic acids is 1. The predicted octanol–water partition coefficient (Wildman–Crippen LogP) is 2.25. The third-order valence-corrected chi connectivity index (χ3v) is 5.58. The number of hydrogen-bond acceptors (Lipinski definition) is 2. The molecule has 1 heterocycles. The molecule has 1 saturated carbocycles. The summed E-state index contributed by atoms with van der Waals surface area (Å²) >= 11 is 6.00. The van der Waals surface area contributed by atoms with E-state index in [1.165, 1.54) is 37.0 Å². The van der Waals surface area contributed by atoms with E-state index in [1.54, 1.807) is 18.2 Å². The van der Waals surface area contributed by atoms with Crippen molar-refractivity contribution in [2.75, 3.05) is 25.0 Å². The molecule has 3 rings (SSSR count). The smallest absolute Gasteiger partial charge is 0.279 e. The second-order valence-corrected chi connectivity index (χ2v) is 7.24. The van der Waals surface area contributed by atoms with E-state index < -0.39 is 0 Å². The van der Waals surface area contributed by atoms with Crippen molar-refractivity contribution in [1.29, 1.82) is 5.26 Å². The molecule has 0 radical (unpaired) electrons. The molecule has 1 aliphatic carbocycles. The van der Waals surface area contributed by atoms with Crippen molar-refractivity contribution < 1.29 is 9.69 Å². The zero-order chi connectivity index (χ0) is 16.2. The van der Waals surface area contributed by atoms with Crippen LogP contribution in [0.4, 0.5) is 5.69 Å². The summed E-state index contributed by atoms with van der Waals surface area (Å²) in [5, 5.41) is 12.2. The molecule has 0 bridgehead atoms. The lowest BCUT2D eigenvalue weighted by molar-refractivity contribution is -0.902. The molecule has 0 aromatic heterocycles. The van der Waals surface area contributed by atoms with E-state index >= 15 is 0 Å². The number of nitrogens with zero attached hydrogens (tertiary/aromatic N) is 1. The molecule has 1 aromatic rings. The fourth-order valence-corrected chi connectivity index (χ4v) is 4.29. The van der Waals surface area contributed by atoms with Crippen molar-refractivity contribution in [3.8, 4) is 6.07 Å². The van der Waals surface area contributed by atoms with Crippen molar-refractivity contribution in [3.63, 3.8) is 0 Å². The van der Waals surface area contributed by atoms with Crippen LogP contribution in [0.25, 0.3) is 0 Å². The van der Waals surface area contributed by atoms with Gasteiger partial charge in [-0.05, 0) is 43.4 Å². The van der Waals surface area contributed by atoms with Crippen LogP contribution in [0.2, 0.25) is 5.02 Å². The summed E-state index contributed by atoms with van der Waals surface area (Å²) in [5.74, 6) is 1.73. The number of hydrogen-bond donors (Lipinski definition) is 2. The van der Waals surface area contributed by atoms with Crippen molar-refractivity contribution in [1.82, 2.24) is 0 Å². The number of rotatable bonds is 3. The van der Waals surface area contributed by atoms with Gasteiger partial charge in [-0.15, -0.1) is 0 Å². The Kier molecular flexibility index (Phi) is 5.20. The number of piperidine rings is 1. The monoisotopic (exact) mass is 332 g/mol. The molecule has 0 spiro atoms. The highest BCUT2D eigenvalue weighted by atomic mass is 35.5. The molecule has 2 N–H and O–H groups in total. The molecule has 1 unspecified atom stereocenters. The van der Waals surface area contributed by atoms with Gasteiger partial charge in [0.15, 0.2) is 6.54 Å². The summed E-state index contributed by atoms with van der Waals surface area (Å²) in [6.07, 6.45) is 6.71. The van der Waals surface area contributed by atoms with Gasteiger partial charge in [-0.1, -0.05) is 24.4 Å². The third-order valence-electron chi connectivity index (χ3n) is 5.27. The number of halogens is 1. The van der Waals surface area contributed by atoms with Crippen LogP contribution >= 0.6 is 11.6 Å². The minimum Gasteiger partial charge on any atom is -0.327 e. The molecule has 1 saturated heterocycles. The summed E-state index contributed by atoms with van der Waals surface area (Å²) in [5.41, 5.74) is 1.08. The van der Waals surface area contributed by atoms with Crippen LogP contribution in [0.15, 0.2) is 18.2 Å². The van der Waals surface area contributed by atoms with Crippen molar-refractivity contribution in [3.05, 3.63) is 28.8 Å². The lowest BCUT2D eigenvalue weighted by atomic mass is 9.75. The van der Waals surface area contributed by atoms with Gasteiger partial charge in [0.05, 0.1) is 23.7 Å². The van der Waals surface area contributed by atoms with E-state index in [9.17, 15) is 4.79 Å². The van der Waals surface area contributed by atoms with Crippen molar-refractivity contribution in [2.24, 2.45) is 11.8 Å². The van der Waals surface area contributed by atoms with E-state index in [1.807, 2.05) is 6.07 Å². The first-order valence-electron chi connectivity index (χ1n) is 8.49. The van der Waals surface area contributed by atoms with Crippen LogP contribution in [0.1, 0.15) is 37.7 Å². The second kappa shape index (κ2) is 7.33. The van der Waals surface area contributed by atoms with Gasteiger partial charge in [0, 0.05) is 11.6 Å². The van der Waals surface area contributed by atoms with Gasteiger partial charge in [0.1, 0.15) is 6.07 Å². The number of nitrogens with one attached hydrogen (secondary N) is 2. The maximum Gasteiger partial charge on any atom is 0.279 e. The number of likely N-dealkylation sites (tertiary alicyclic amines) is 1. The third kappa shape index (κ3) is 4.04. The first kappa shape index (κ1) is 16.3. The van der Waals surface area contributed by atoms with E-state index in [0.717, 1.165) is 24.9 Å². The number of benzene rings is 1. The molecule has 122 valence electrons. The van der Waals surface area contributed by atoms with Crippen molar-refractivity contribution in [2.45, 2.75) is 32.1 Å². The Morgan fingerprint density at radius 1 is 1.30 bits per heavy atom. The molecule has 2 fully saturated rings. The topological polar surface area (TPSA) is 57.3 Å². The highest BCUT2D eigenvalue weighted by Crippen LogP contribution is 2.32. The Morgan fingerprint density at radius 3 is 2.83 bits per heavy atom. The maximum atomic E-state index is 12.3. The predicted molar refractivity (Wildman–Crippen MR) is 90.4 cm³/mol. The summed E-state index contributed by atoms with van der Waals surface area (Å²) in [4.78, 5) is 13.7. The van der Waals surface area contributed by atoms with Crippen LogP contribution in [0.3, 0.4) is 0 Å². The number of amides is 1.